The van der Waals surface area contributed by atoms with E-state index >= 15 is 0 Å². The molecule has 0 saturated heterocycles. The quantitative estimate of drug-likeness (QED) is 0.112. The number of hydrogen-bond donors (Lipinski definition) is 0. The van der Waals surface area contributed by atoms with Crippen molar-refractivity contribution in [2.75, 3.05) is 0 Å². The van der Waals surface area contributed by atoms with E-state index < -0.39 is 26.0 Å². The first-order chi connectivity index (χ1) is 35.2. The van der Waals surface area contributed by atoms with Gasteiger partial charge in [-0.25, -0.2) is 4.98 Å². The third kappa shape index (κ3) is 9.99. The molecule has 1 radical (unpaired) electrons. The van der Waals surface area contributed by atoms with Gasteiger partial charge < -0.3 is 8.98 Å². The van der Waals surface area contributed by atoms with Crippen molar-refractivity contribution in [3.63, 3.8) is 0 Å². The summed E-state index contributed by atoms with van der Waals surface area (Å²) < 4.78 is 42.0. The molecular formula is C64H58GeIrN4O-2. The summed E-state index contributed by atoms with van der Waals surface area (Å²) in [5.41, 5.74) is 15.0. The van der Waals surface area contributed by atoms with Crippen LogP contribution in [0.1, 0.15) is 62.7 Å². The summed E-state index contributed by atoms with van der Waals surface area (Å²) in [6.07, 6.45) is 2.00. The molecule has 0 spiro atoms. The van der Waals surface area contributed by atoms with Gasteiger partial charge in [0.15, 0.2) is 0 Å². The Hall–Kier alpha value is -6.70. The minimum atomic E-state index is -2.17. The fraction of sp³-hybridized carbons (Fsp3) is 0.172. The van der Waals surface area contributed by atoms with Gasteiger partial charge in [0.25, 0.3) is 0 Å². The van der Waals surface area contributed by atoms with Gasteiger partial charge in [0.05, 0.1) is 33.8 Å². The average Bonchev–Trinajstić information content (AvgIpc) is 3.98. The molecule has 11 aromatic rings. The summed E-state index contributed by atoms with van der Waals surface area (Å²) in [7, 11) is 0. The van der Waals surface area contributed by atoms with E-state index in [1.165, 1.54) is 9.96 Å². The predicted molar refractivity (Wildman–Crippen MR) is 296 cm³/mol. The predicted octanol–water partition coefficient (Wildman–Crippen LogP) is 16.6. The number of para-hydroxylation sites is 2. The van der Waals surface area contributed by atoms with Gasteiger partial charge >= 0.3 is 120 Å². The molecule has 0 fully saturated rings. The Morgan fingerprint density at radius 1 is 0.662 bits per heavy atom. The summed E-state index contributed by atoms with van der Waals surface area (Å²) in [4.78, 5) is 14.9. The Morgan fingerprint density at radius 3 is 1.94 bits per heavy atom. The topological polar surface area (TPSA) is 56.7 Å². The number of rotatable bonds is 8. The van der Waals surface area contributed by atoms with E-state index in [1.54, 1.807) is 24.3 Å². The van der Waals surface area contributed by atoms with Crippen LogP contribution in [0.4, 0.5) is 0 Å². The summed E-state index contributed by atoms with van der Waals surface area (Å²) in [5.74, 6) is 7.15. The van der Waals surface area contributed by atoms with Crippen LogP contribution in [-0.2, 0) is 25.5 Å². The monoisotopic (exact) mass is 1170 g/mol. The van der Waals surface area contributed by atoms with E-state index in [9.17, 15) is 0 Å². The van der Waals surface area contributed by atoms with Crippen LogP contribution < -0.4 is 4.40 Å². The van der Waals surface area contributed by atoms with Crippen LogP contribution in [0.15, 0.2) is 187 Å². The van der Waals surface area contributed by atoms with Gasteiger partial charge in [0.2, 0.25) is 5.71 Å². The van der Waals surface area contributed by atoms with Crippen molar-refractivity contribution >= 4 is 50.8 Å². The molecule has 7 aromatic carbocycles. The van der Waals surface area contributed by atoms with Gasteiger partial charge in [-0.05, 0) is 65.4 Å². The van der Waals surface area contributed by atoms with Crippen molar-refractivity contribution in [2.24, 2.45) is 0 Å². The summed E-state index contributed by atoms with van der Waals surface area (Å²) in [6.45, 7) is 8.51. The molecule has 0 atom stereocenters. The number of aryl methyl sites for hydroxylation is 1. The smallest absolute Gasteiger partial charge is 0.216 e. The van der Waals surface area contributed by atoms with E-state index in [-0.39, 0.29) is 31.1 Å². The number of benzene rings is 7. The zero-order valence-electron chi connectivity index (χ0n) is 45.4. The molecule has 71 heavy (non-hydrogen) atoms. The fourth-order valence-electron chi connectivity index (χ4n) is 9.16. The minimum Gasteiger partial charge on any atom is -0.486 e. The van der Waals surface area contributed by atoms with Crippen molar-refractivity contribution < 1.29 is 30.0 Å². The van der Waals surface area contributed by atoms with Crippen molar-refractivity contribution in [3.05, 3.63) is 211 Å². The number of nitrogens with zero attached hydrogens (tertiary/aromatic N) is 4. The van der Waals surface area contributed by atoms with Crippen molar-refractivity contribution in [2.45, 2.75) is 70.0 Å². The van der Waals surface area contributed by atoms with Gasteiger partial charge in [0, 0.05) is 46.3 Å². The van der Waals surface area contributed by atoms with Crippen LogP contribution in [0.3, 0.4) is 0 Å². The normalized spacial score (nSPS) is 12.9. The van der Waals surface area contributed by atoms with Gasteiger partial charge in [-0.2, -0.15) is 0 Å². The first-order valence-corrected chi connectivity index (χ1v) is 31.2. The van der Waals surface area contributed by atoms with Crippen LogP contribution >= 0.6 is 0 Å². The molecule has 0 bridgehead atoms. The molecule has 4 heterocycles. The second kappa shape index (κ2) is 20.2. The zero-order valence-corrected chi connectivity index (χ0v) is 45.8. The number of aromatic nitrogens is 4. The Bertz CT molecular complexity index is 3760. The SMILES string of the molecule is [2H]C(C)(C)c1cc(-c2[c-]cccc2)nc[c]1[Ge]([CH3])([CH3])[CH3].[2H]C([2H])([2H])c1ccc(-c2ccc3c(n2)oc2c(-c4nc5ccccc5n4-c4c(-c5ccccc5)cc(C(C)(C)C)cc4-c4ccccc4)[c-]ccc23)cc1.[Ir]. The molecule has 355 valence electrons. The largest absolute Gasteiger partial charge is 0.486 e. The van der Waals surface area contributed by atoms with Gasteiger partial charge in [0.1, 0.15) is 0 Å². The Balaban J connectivity index is 0.000000277. The van der Waals surface area contributed by atoms with Crippen LogP contribution in [0, 0.1) is 19.0 Å². The van der Waals surface area contributed by atoms with Crippen LogP contribution in [0.25, 0.3) is 94.9 Å². The van der Waals surface area contributed by atoms with Gasteiger partial charge in [-0.15, -0.1) is 18.2 Å². The standard InChI is InChI=1S/C47H36N3O.C17H22GeN.Ir/c1-30-22-24-33(25-23-30)40-27-26-36-35-18-13-19-37(44(35)51-46(36)49-40)45-48-41-20-11-12-21-42(41)50(45)43-38(31-14-7-5-8-15-31)28-34(47(2,3)4)29-39(43)32-16-9-6-10-17-32;1-13(2)15-11-17(14-9-7-6-8-10-14)19-12-16(15)18(3,4)5;/h5-18,20-29H,1-4H3;6-9,11-13H,1-5H3;/q2*-1;/i1D3;13D;. The van der Waals surface area contributed by atoms with Gasteiger partial charge in [-0.1, -0.05) is 134 Å². The van der Waals surface area contributed by atoms with E-state index in [4.69, 9.17) is 19.9 Å². The Kier molecular flexibility index (Phi) is 12.6. The molecule has 11 rings (SSSR count). The van der Waals surface area contributed by atoms with Crippen LogP contribution in [0.2, 0.25) is 17.3 Å². The Morgan fingerprint density at radius 2 is 1.32 bits per heavy atom. The molecule has 7 heteroatoms. The second-order valence-corrected chi connectivity index (χ2v) is 30.7. The van der Waals surface area contributed by atoms with Gasteiger partial charge in [-0.3, -0.25) is 4.98 Å². The summed E-state index contributed by atoms with van der Waals surface area (Å²) in [6, 6.07) is 65.5. The first-order valence-electron chi connectivity index (χ1n) is 25.8. The number of imidazole rings is 1. The van der Waals surface area contributed by atoms with Crippen molar-refractivity contribution in [1.82, 2.24) is 19.5 Å². The molecule has 0 unspecified atom stereocenters. The third-order valence-corrected chi connectivity index (χ3v) is 17.1. The number of hydrogen-bond acceptors (Lipinski definition) is 4. The third-order valence-electron chi connectivity index (χ3n) is 12.9. The van der Waals surface area contributed by atoms with E-state index in [0.29, 0.717) is 22.8 Å². The maximum atomic E-state index is 8.44. The van der Waals surface area contributed by atoms with E-state index in [1.807, 2.05) is 80.7 Å². The zero-order chi connectivity index (χ0) is 52.2. The van der Waals surface area contributed by atoms with Crippen molar-refractivity contribution in [1.29, 1.82) is 0 Å². The number of pyridine rings is 2. The van der Waals surface area contributed by atoms with Crippen LogP contribution in [-0.4, -0.2) is 32.8 Å². The van der Waals surface area contributed by atoms with Crippen LogP contribution in [0.5, 0.6) is 0 Å². The number of fused-ring (bicyclic) bond motifs is 4. The molecule has 5 nitrogen and oxygen atoms in total. The maximum absolute atomic E-state index is 8.44. The fourth-order valence-corrected chi connectivity index (χ4v) is 12.5. The molecule has 0 saturated carbocycles. The molecule has 0 amide bonds. The molecule has 0 aliphatic rings. The molecule has 4 aromatic heterocycles. The number of furan rings is 1. The van der Waals surface area contributed by atoms with E-state index in [2.05, 4.69) is 151 Å². The van der Waals surface area contributed by atoms with E-state index in [0.717, 1.165) is 77.7 Å². The molecule has 0 aliphatic carbocycles. The Labute approximate surface area is 440 Å². The second-order valence-electron chi connectivity index (χ2n) is 20.1. The maximum Gasteiger partial charge on any atom is 0.216 e. The minimum absolute atomic E-state index is 0. The molecule has 0 N–H and O–H groups in total. The summed E-state index contributed by atoms with van der Waals surface area (Å²) in [5, 5.41) is 1.78. The molecular weight excluding hydrogens is 1110 g/mol. The summed E-state index contributed by atoms with van der Waals surface area (Å²) >= 11 is -2.03. The van der Waals surface area contributed by atoms with Crippen molar-refractivity contribution in [3.8, 4) is 61.8 Å². The first kappa shape index (κ1) is 44.3. The average molecular weight is 1170 g/mol. The molecule has 0 aliphatic heterocycles.